The number of amides is 1. The Hall–Kier alpha value is -2.91. The number of benzene rings is 2. The van der Waals surface area contributed by atoms with Gasteiger partial charge in [-0.2, -0.15) is 5.26 Å². The summed E-state index contributed by atoms with van der Waals surface area (Å²) in [6, 6.07) is 15.8. The van der Waals surface area contributed by atoms with E-state index in [0.29, 0.717) is 17.7 Å². The maximum atomic E-state index is 12.1. The minimum atomic E-state index is -0.331. The van der Waals surface area contributed by atoms with Crippen molar-refractivity contribution in [2.75, 3.05) is 11.9 Å². The van der Waals surface area contributed by atoms with Crippen molar-refractivity contribution in [2.24, 2.45) is 0 Å². The molecule has 2 aromatic rings. The number of anilines is 1. The molecule has 0 radical (unpaired) electrons. The first-order chi connectivity index (χ1) is 12.6. The van der Waals surface area contributed by atoms with Crippen LogP contribution >= 0.6 is 12.2 Å². The predicted molar refractivity (Wildman–Crippen MR) is 106 cm³/mol. The number of hydrogen-bond acceptors (Lipinski definition) is 4. The third kappa shape index (κ3) is 6.19. The second-order valence-corrected chi connectivity index (χ2v) is 6.09. The molecular weight excluding hydrogens is 346 g/mol. The average Bonchev–Trinajstić information content (AvgIpc) is 2.66. The van der Waals surface area contributed by atoms with Gasteiger partial charge in [-0.25, -0.2) is 0 Å². The fourth-order valence-electron chi connectivity index (χ4n) is 2.21. The molecule has 0 bridgehead atoms. The van der Waals surface area contributed by atoms with Crippen LogP contribution in [0.3, 0.4) is 0 Å². The van der Waals surface area contributed by atoms with Gasteiger partial charge in [-0.1, -0.05) is 19.8 Å². The zero-order valence-electron chi connectivity index (χ0n) is 14.6. The Labute approximate surface area is 159 Å². The van der Waals surface area contributed by atoms with Gasteiger partial charge in [0.1, 0.15) is 5.75 Å². The molecule has 0 atom stereocenters. The minimum Gasteiger partial charge on any atom is -0.494 e. The molecule has 5 nitrogen and oxygen atoms in total. The van der Waals surface area contributed by atoms with E-state index in [1.165, 1.54) is 0 Å². The van der Waals surface area contributed by atoms with Crippen LogP contribution in [0.1, 0.15) is 42.1 Å². The summed E-state index contributed by atoms with van der Waals surface area (Å²) in [5.41, 5.74) is 1.69. The van der Waals surface area contributed by atoms with E-state index in [-0.39, 0.29) is 11.0 Å². The van der Waals surface area contributed by atoms with E-state index in [1.807, 2.05) is 30.3 Å². The first-order valence-electron chi connectivity index (χ1n) is 8.47. The lowest BCUT2D eigenvalue weighted by Gasteiger charge is -2.11. The summed E-state index contributed by atoms with van der Waals surface area (Å²) in [5.74, 6) is 0.474. The summed E-state index contributed by atoms with van der Waals surface area (Å²) >= 11 is 5.17. The molecule has 0 aliphatic carbocycles. The van der Waals surface area contributed by atoms with Crippen LogP contribution in [-0.4, -0.2) is 17.6 Å². The Bertz CT molecular complexity index is 780. The Morgan fingerprint density at radius 2 is 1.81 bits per heavy atom. The van der Waals surface area contributed by atoms with E-state index in [4.69, 9.17) is 22.2 Å². The van der Waals surface area contributed by atoms with Gasteiger partial charge in [0, 0.05) is 11.3 Å². The highest BCUT2D eigenvalue weighted by Crippen LogP contribution is 2.16. The molecule has 1 amide bonds. The van der Waals surface area contributed by atoms with Gasteiger partial charge in [-0.3, -0.25) is 10.1 Å². The molecule has 6 heteroatoms. The summed E-state index contributed by atoms with van der Waals surface area (Å²) in [5, 5.41) is 14.6. The van der Waals surface area contributed by atoms with E-state index in [0.717, 1.165) is 30.7 Å². The van der Waals surface area contributed by atoms with Crippen molar-refractivity contribution in [2.45, 2.75) is 26.2 Å². The topological polar surface area (TPSA) is 74.2 Å². The van der Waals surface area contributed by atoms with Gasteiger partial charge < -0.3 is 10.1 Å². The maximum Gasteiger partial charge on any atom is 0.257 e. The summed E-state index contributed by atoms with van der Waals surface area (Å²) in [7, 11) is 0. The number of rotatable bonds is 7. The average molecular weight is 367 g/mol. The van der Waals surface area contributed by atoms with E-state index in [1.54, 1.807) is 24.3 Å². The summed E-state index contributed by atoms with van der Waals surface area (Å²) < 4.78 is 5.66. The summed E-state index contributed by atoms with van der Waals surface area (Å²) in [6.07, 6.45) is 3.37. The van der Waals surface area contributed by atoms with Crippen LogP contribution in [-0.2, 0) is 0 Å². The fraction of sp³-hybridized carbons (Fsp3) is 0.250. The normalized spacial score (nSPS) is 9.85. The molecule has 2 aromatic carbocycles. The fourth-order valence-corrected chi connectivity index (χ4v) is 2.42. The molecule has 0 fully saturated rings. The molecular formula is C20H21N3O2S. The molecule has 0 aliphatic rings. The van der Waals surface area contributed by atoms with Crippen LogP contribution in [0.4, 0.5) is 5.69 Å². The van der Waals surface area contributed by atoms with Crippen molar-refractivity contribution in [1.29, 1.82) is 5.26 Å². The molecule has 0 spiro atoms. The van der Waals surface area contributed by atoms with E-state index in [2.05, 4.69) is 17.6 Å². The summed E-state index contributed by atoms with van der Waals surface area (Å²) in [6.45, 7) is 2.86. The first-order valence-corrected chi connectivity index (χ1v) is 8.88. The predicted octanol–water partition coefficient (Wildman–Crippen LogP) is 4.25. The van der Waals surface area contributed by atoms with Gasteiger partial charge in [0.25, 0.3) is 5.91 Å². The molecule has 0 unspecified atom stereocenters. The van der Waals surface area contributed by atoms with Gasteiger partial charge in [0.05, 0.1) is 18.2 Å². The lowest BCUT2D eigenvalue weighted by atomic mass is 10.1. The molecule has 0 heterocycles. The van der Waals surface area contributed by atoms with Gasteiger partial charge in [0.15, 0.2) is 5.11 Å². The second-order valence-electron chi connectivity index (χ2n) is 5.68. The second kappa shape index (κ2) is 10.2. The van der Waals surface area contributed by atoms with Crippen molar-refractivity contribution in [3.8, 4) is 11.8 Å². The lowest BCUT2D eigenvalue weighted by molar-refractivity contribution is 0.0977. The van der Waals surface area contributed by atoms with Gasteiger partial charge in [-0.05, 0) is 67.2 Å². The van der Waals surface area contributed by atoms with Crippen LogP contribution in [0, 0.1) is 11.3 Å². The summed E-state index contributed by atoms with van der Waals surface area (Å²) in [4.78, 5) is 12.1. The molecule has 134 valence electrons. The van der Waals surface area contributed by atoms with Crippen LogP contribution in [0.5, 0.6) is 5.75 Å². The van der Waals surface area contributed by atoms with E-state index >= 15 is 0 Å². The highest BCUT2D eigenvalue weighted by atomic mass is 32.1. The molecule has 0 saturated carbocycles. The Morgan fingerprint density at radius 1 is 1.12 bits per heavy atom. The molecule has 2 N–H and O–H groups in total. The number of carbonyl (C=O) groups excluding carboxylic acids is 1. The number of unbranched alkanes of at least 4 members (excludes halogenated alkanes) is 2. The van der Waals surface area contributed by atoms with Crippen molar-refractivity contribution in [3.63, 3.8) is 0 Å². The number of nitriles is 1. The van der Waals surface area contributed by atoms with Crippen molar-refractivity contribution in [3.05, 3.63) is 59.7 Å². The number of carbonyl (C=O) groups is 1. The van der Waals surface area contributed by atoms with Crippen molar-refractivity contribution >= 4 is 28.9 Å². The zero-order valence-corrected chi connectivity index (χ0v) is 15.4. The van der Waals surface area contributed by atoms with Gasteiger partial charge in [-0.15, -0.1) is 0 Å². The van der Waals surface area contributed by atoms with Crippen molar-refractivity contribution < 1.29 is 9.53 Å². The van der Waals surface area contributed by atoms with Crippen LogP contribution in [0.2, 0.25) is 0 Å². The monoisotopic (exact) mass is 367 g/mol. The standard InChI is InChI=1S/C20H21N3O2S/c1-2-3-4-13-25-18-11-9-17(10-12-18)22-20(26)23-19(24)16-7-5-15(14-21)6-8-16/h5-12H,2-4,13H2,1H3,(H2,22,23,24,26). The van der Waals surface area contributed by atoms with Crippen LogP contribution in [0.25, 0.3) is 0 Å². The number of nitrogens with zero attached hydrogens (tertiary/aromatic N) is 1. The number of thiocarbonyl (C=S) groups is 1. The quantitative estimate of drug-likeness (QED) is 0.565. The lowest BCUT2D eigenvalue weighted by Crippen LogP contribution is -2.34. The molecule has 26 heavy (non-hydrogen) atoms. The Morgan fingerprint density at radius 3 is 2.42 bits per heavy atom. The van der Waals surface area contributed by atoms with Gasteiger partial charge in [0.2, 0.25) is 0 Å². The van der Waals surface area contributed by atoms with Crippen molar-refractivity contribution in [1.82, 2.24) is 5.32 Å². The SMILES string of the molecule is CCCCCOc1ccc(NC(=S)NC(=O)c2ccc(C#N)cc2)cc1. The third-order valence-electron chi connectivity index (χ3n) is 3.63. The molecule has 0 aliphatic heterocycles. The number of nitrogens with one attached hydrogen (secondary N) is 2. The number of ether oxygens (including phenoxy) is 1. The first kappa shape index (κ1) is 19.4. The van der Waals surface area contributed by atoms with E-state index in [9.17, 15) is 4.79 Å². The third-order valence-corrected chi connectivity index (χ3v) is 3.84. The molecule has 2 rings (SSSR count). The number of hydrogen-bond donors (Lipinski definition) is 2. The van der Waals surface area contributed by atoms with E-state index < -0.39 is 0 Å². The smallest absolute Gasteiger partial charge is 0.257 e. The molecule has 0 aromatic heterocycles. The largest absolute Gasteiger partial charge is 0.494 e. The Kier molecular flexibility index (Phi) is 7.59. The minimum absolute atomic E-state index is 0.205. The van der Waals surface area contributed by atoms with Crippen LogP contribution in [0.15, 0.2) is 48.5 Å². The highest BCUT2D eigenvalue weighted by molar-refractivity contribution is 7.80. The maximum absolute atomic E-state index is 12.1. The van der Waals surface area contributed by atoms with Crippen LogP contribution < -0.4 is 15.4 Å². The zero-order chi connectivity index (χ0) is 18.8. The molecule has 0 saturated heterocycles. The Balaban J connectivity index is 1.83. The highest BCUT2D eigenvalue weighted by Gasteiger charge is 2.08. The van der Waals surface area contributed by atoms with Gasteiger partial charge >= 0.3 is 0 Å².